The Labute approximate surface area is 146 Å². The predicted octanol–water partition coefficient (Wildman–Crippen LogP) is 1.73. The Morgan fingerprint density at radius 1 is 1.16 bits per heavy atom. The number of nitrogens with one attached hydrogen (secondary N) is 1. The lowest BCUT2D eigenvalue weighted by molar-refractivity contribution is -0.128. The lowest BCUT2D eigenvalue weighted by atomic mass is 10.1. The van der Waals surface area contributed by atoms with Gasteiger partial charge in [0.15, 0.2) is 17.3 Å². The number of carbonyl (C=O) groups excluding carboxylic acids is 2. The number of hydrogen-bond acceptors (Lipinski definition) is 5. The molecular formula is C18H22N2O5. The summed E-state index contributed by atoms with van der Waals surface area (Å²) in [4.78, 5) is 25.4. The average Bonchev–Trinajstić information content (AvgIpc) is 3.18. The zero-order valence-corrected chi connectivity index (χ0v) is 14.6. The SMILES string of the molecule is COc1ccc(CCN(C)C(=O)CNC(=O)c2ccco2)cc1OC. The summed E-state index contributed by atoms with van der Waals surface area (Å²) in [5, 5.41) is 2.54. The number of ether oxygens (including phenoxy) is 2. The maximum atomic E-state index is 12.1. The number of nitrogens with zero attached hydrogens (tertiary/aromatic N) is 1. The number of hydrogen-bond donors (Lipinski definition) is 1. The fraction of sp³-hybridized carbons (Fsp3) is 0.333. The van der Waals surface area contributed by atoms with Gasteiger partial charge in [0.1, 0.15) is 0 Å². The fourth-order valence-corrected chi connectivity index (χ4v) is 2.24. The smallest absolute Gasteiger partial charge is 0.287 e. The lowest BCUT2D eigenvalue weighted by Gasteiger charge is -2.18. The molecule has 0 bridgehead atoms. The van der Waals surface area contributed by atoms with Gasteiger partial charge in [0.05, 0.1) is 27.0 Å². The summed E-state index contributed by atoms with van der Waals surface area (Å²) in [6, 6.07) is 8.81. The van der Waals surface area contributed by atoms with Crippen molar-refractivity contribution in [1.29, 1.82) is 0 Å². The van der Waals surface area contributed by atoms with E-state index in [0.717, 1.165) is 5.56 Å². The molecule has 0 unspecified atom stereocenters. The van der Waals surface area contributed by atoms with Crippen molar-refractivity contribution in [2.75, 3.05) is 34.4 Å². The van der Waals surface area contributed by atoms with Gasteiger partial charge in [0.2, 0.25) is 5.91 Å². The normalized spacial score (nSPS) is 10.2. The van der Waals surface area contributed by atoms with Crippen LogP contribution in [0.15, 0.2) is 41.0 Å². The molecule has 7 nitrogen and oxygen atoms in total. The number of carbonyl (C=O) groups is 2. The Morgan fingerprint density at radius 3 is 2.56 bits per heavy atom. The Kier molecular flexibility index (Phi) is 6.45. The summed E-state index contributed by atoms with van der Waals surface area (Å²) in [6.07, 6.45) is 2.07. The van der Waals surface area contributed by atoms with Crippen molar-refractivity contribution in [3.8, 4) is 11.5 Å². The number of furan rings is 1. The number of likely N-dealkylation sites (N-methyl/N-ethyl adjacent to an activating group) is 1. The van der Waals surface area contributed by atoms with Gasteiger partial charge >= 0.3 is 0 Å². The summed E-state index contributed by atoms with van der Waals surface area (Å²) in [7, 11) is 4.86. The van der Waals surface area contributed by atoms with Gasteiger partial charge in [-0.15, -0.1) is 0 Å². The lowest BCUT2D eigenvalue weighted by Crippen LogP contribution is -2.38. The van der Waals surface area contributed by atoms with Crippen molar-refractivity contribution in [1.82, 2.24) is 10.2 Å². The van der Waals surface area contributed by atoms with E-state index in [0.29, 0.717) is 24.5 Å². The second-order valence-corrected chi connectivity index (χ2v) is 5.41. The molecule has 1 aromatic heterocycles. The molecule has 0 aliphatic rings. The Morgan fingerprint density at radius 2 is 1.92 bits per heavy atom. The minimum absolute atomic E-state index is 0.0814. The molecule has 2 amide bonds. The quantitative estimate of drug-likeness (QED) is 0.787. The van der Waals surface area contributed by atoms with Crippen LogP contribution in [0.1, 0.15) is 16.1 Å². The van der Waals surface area contributed by atoms with Crippen molar-refractivity contribution in [2.45, 2.75) is 6.42 Å². The number of benzene rings is 1. The highest BCUT2D eigenvalue weighted by Crippen LogP contribution is 2.27. The molecule has 1 heterocycles. The summed E-state index contributed by atoms with van der Waals surface area (Å²) < 4.78 is 15.4. The maximum Gasteiger partial charge on any atom is 0.287 e. The molecule has 2 rings (SSSR count). The van der Waals surface area contributed by atoms with Gasteiger partial charge < -0.3 is 24.1 Å². The first-order valence-electron chi connectivity index (χ1n) is 7.81. The second kappa shape index (κ2) is 8.77. The fourth-order valence-electron chi connectivity index (χ4n) is 2.24. The third kappa shape index (κ3) is 5.00. The minimum atomic E-state index is -0.411. The van der Waals surface area contributed by atoms with Gasteiger partial charge in [-0.3, -0.25) is 9.59 Å². The summed E-state index contributed by atoms with van der Waals surface area (Å²) >= 11 is 0. The molecule has 0 saturated carbocycles. The zero-order chi connectivity index (χ0) is 18.2. The minimum Gasteiger partial charge on any atom is -0.493 e. The number of methoxy groups -OCH3 is 2. The van der Waals surface area contributed by atoms with Crippen LogP contribution in [0, 0.1) is 0 Å². The van der Waals surface area contributed by atoms with E-state index in [2.05, 4.69) is 5.32 Å². The number of rotatable bonds is 8. The van der Waals surface area contributed by atoms with Crippen molar-refractivity contribution in [2.24, 2.45) is 0 Å². The molecular weight excluding hydrogens is 324 g/mol. The van der Waals surface area contributed by atoms with Crippen LogP contribution in [0.5, 0.6) is 11.5 Å². The standard InChI is InChI=1S/C18H22N2O5/c1-20(17(21)12-19-18(22)15-5-4-10-25-15)9-8-13-6-7-14(23-2)16(11-13)24-3/h4-7,10-11H,8-9,12H2,1-3H3,(H,19,22). The molecule has 25 heavy (non-hydrogen) atoms. The topological polar surface area (TPSA) is 81.0 Å². The van der Waals surface area contributed by atoms with Crippen molar-refractivity contribution in [3.05, 3.63) is 47.9 Å². The van der Waals surface area contributed by atoms with Gasteiger partial charge in [-0.1, -0.05) is 6.07 Å². The van der Waals surface area contributed by atoms with Gasteiger partial charge in [-0.2, -0.15) is 0 Å². The highest BCUT2D eigenvalue weighted by Gasteiger charge is 2.13. The van der Waals surface area contributed by atoms with Crippen LogP contribution in [0.2, 0.25) is 0 Å². The van der Waals surface area contributed by atoms with Crippen molar-refractivity contribution in [3.63, 3.8) is 0 Å². The van der Waals surface area contributed by atoms with Crippen molar-refractivity contribution < 1.29 is 23.5 Å². The molecule has 0 aliphatic heterocycles. The molecule has 1 aromatic carbocycles. The molecule has 134 valence electrons. The highest BCUT2D eigenvalue weighted by atomic mass is 16.5. The molecule has 0 aliphatic carbocycles. The largest absolute Gasteiger partial charge is 0.493 e. The number of amides is 2. The average molecular weight is 346 g/mol. The summed E-state index contributed by atoms with van der Waals surface area (Å²) in [5.41, 5.74) is 1.02. The van der Waals surface area contributed by atoms with Crippen LogP contribution in [0.4, 0.5) is 0 Å². The van der Waals surface area contributed by atoms with Gasteiger partial charge in [-0.25, -0.2) is 0 Å². The molecule has 0 atom stereocenters. The second-order valence-electron chi connectivity index (χ2n) is 5.41. The van der Waals surface area contributed by atoms with Crippen LogP contribution < -0.4 is 14.8 Å². The van der Waals surface area contributed by atoms with Crippen molar-refractivity contribution >= 4 is 11.8 Å². The van der Waals surface area contributed by atoms with Crippen LogP contribution in [-0.2, 0) is 11.2 Å². The zero-order valence-electron chi connectivity index (χ0n) is 14.6. The Bertz CT molecular complexity index is 712. The third-order valence-corrected chi connectivity index (χ3v) is 3.75. The van der Waals surface area contributed by atoms with Gasteiger partial charge in [-0.05, 0) is 36.2 Å². The van der Waals surface area contributed by atoms with E-state index < -0.39 is 5.91 Å². The summed E-state index contributed by atoms with van der Waals surface area (Å²) in [5.74, 6) is 0.906. The van der Waals surface area contributed by atoms with Gasteiger partial charge in [0, 0.05) is 13.6 Å². The van der Waals surface area contributed by atoms with E-state index in [9.17, 15) is 9.59 Å². The van der Waals surface area contributed by atoms with E-state index in [1.54, 1.807) is 38.3 Å². The Balaban J connectivity index is 1.82. The molecule has 0 fully saturated rings. The summed E-state index contributed by atoms with van der Waals surface area (Å²) in [6.45, 7) is 0.437. The van der Waals surface area contributed by atoms with Gasteiger partial charge in [0.25, 0.3) is 5.91 Å². The van der Waals surface area contributed by atoms with Crippen LogP contribution in [-0.4, -0.2) is 51.1 Å². The van der Waals surface area contributed by atoms with E-state index in [-0.39, 0.29) is 18.2 Å². The van der Waals surface area contributed by atoms with E-state index in [1.165, 1.54) is 6.26 Å². The molecule has 2 aromatic rings. The highest BCUT2D eigenvalue weighted by molar-refractivity contribution is 5.94. The molecule has 1 N–H and O–H groups in total. The third-order valence-electron chi connectivity index (χ3n) is 3.75. The van der Waals surface area contributed by atoms with Crippen LogP contribution in [0.3, 0.4) is 0 Å². The first-order valence-corrected chi connectivity index (χ1v) is 7.81. The Hall–Kier alpha value is -2.96. The molecule has 0 spiro atoms. The van der Waals surface area contributed by atoms with E-state index >= 15 is 0 Å². The molecule has 0 radical (unpaired) electrons. The van der Waals surface area contributed by atoms with Crippen LogP contribution >= 0.6 is 0 Å². The first-order chi connectivity index (χ1) is 12.0. The predicted molar refractivity (Wildman–Crippen MR) is 91.9 cm³/mol. The first kappa shape index (κ1) is 18.4. The maximum absolute atomic E-state index is 12.1. The van der Waals surface area contributed by atoms with E-state index in [1.807, 2.05) is 18.2 Å². The van der Waals surface area contributed by atoms with Crippen LogP contribution in [0.25, 0.3) is 0 Å². The van der Waals surface area contributed by atoms with E-state index in [4.69, 9.17) is 13.9 Å². The molecule has 7 heteroatoms. The molecule has 0 saturated heterocycles. The monoisotopic (exact) mass is 346 g/mol.